The van der Waals surface area contributed by atoms with Crippen molar-refractivity contribution in [3.05, 3.63) is 0 Å². The van der Waals surface area contributed by atoms with Gasteiger partial charge in [0.15, 0.2) is 0 Å². The molecule has 0 fully saturated rings. The minimum atomic E-state index is -3.32. The molecule has 0 heterocycles. The molecule has 0 aromatic carbocycles. The summed E-state index contributed by atoms with van der Waals surface area (Å²) in [5.74, 6) is 0.0899. The minimum absolute atomic E-state index is 0.0104. The Hall–Kier alpha value is -0.130. The lowest BCUT2D eigenvalue weighted by atomic mass is 9.94. The van der Waals surface area contributed by atoms with Crippen molar-refractivity contribution in [1.82, 2.24) is 4.89 Å². The van der Waals surface area contributed by atoms with Crippen molar-refractivity contribution in [3.8, 4) is 0 Å². The Bertz CT molecular complexity index is 259. The summed E-state index contributed by atoms with van der Waals surface area (Å²) in [6, 6.07) is 0. The summed E-state index contributed by atoms with van der Waals surface area (Å²) < 4.78 is 23.0. The summed E-state index contributed by atoms with van der Waals surface area (Å²) in [6.45, 7) is 11.4. The highest BCUT2D eigenvalue weighted by Gasteiger charge is 2.20. The smallest absolute Gasteiger partial charge is 0.233 e. The van der Waals surface area contributed by atoms with Gasteiger partial charge in [-0.2, -0.15) is 0 Å². The summed E-state index contributed by atoms with van der Waals surface area (Å²) in [5, 5.41) is 0. The van der Waals surface area contributed by atoms with Crippen LogP contribution in [0.4, 0.5) is 0 Å². The highest BCUT2D eigenvalue weighted by molar-refractivity contribution is 7.89. The third-order valence-electron chi connectivity index (χ3n) is 1.60. The second-order valence-corrected chi connectivity index (χ2v) is 7.73. The Kier molecular flexibility index (Phi) is 4.76. The molecule has 92 valence electrons. The van der Waals surface area contributed by atoms with Gasteiger partial charge in [0, 0.05) is 0 Å². The zero-order chi connectivity index (χ0) is 12.3. The maximum atomic E-state index is 11.5. The largest absolute Gasteiger partial charge is 0.281 e. The van der Waals surface area contributed by atoms with Gasteiger partial charge in [-0.3, -0.25) is 4.84 Å². The molecule has 15 heavy (non-hydrogen) atoms. The predicted molar refractivity (Wildman–Crippen MR) is 61.8 cm³/mol. The van der Waals surface area contributed by atoms with Gasteiger partial charge in [0.2, 0.25) is 10.0 Å². The molecule has 0 unspecified atom stereocenters. The lowest BCUT2D eigenvalue weighted by molar-refractivity contribution is -0.0358. The van der Waals surface area contributed by atoms with Crippen LogP contribution in [0, 0.1) is 5.41 Å². The second-order valence-electron chi connectivity index (χ2n) is 5.93. The predicted octanol–water partition coefficient (Wildman–Crippen LogP) is 2.07. The molecule has 0 aliphatic carbocycles. The van der Waals surface area contributed by atoms with Crippen LogP contribution in [0.2, 0.25) is 0 Å². The first-order valence-electron chi connectivity index (χ1n) is 5.09. The van der Waals surface area contributed by atoms with E-state index >= 15 is 0 Å². The quantitative estimate of drug-likeness (QED) is 0.762. The van der Waals surface area contributed by atoms with E-state index in [1.165, 1.54) is 0 Å². The maximum Gasteiger partial charge on any atom is 0.233 e. The topological polar surface area (TPSA) is 55.4 Å². The van der Waals surface area contributed by atoms with Crippen molar-refractivity contribution in [2.24, 2.45) is 5.41 Å². The van der Waals surface area contributed by atoms with Crippen molar-refractivity contribution in [2.45, 2.75) is 53.6 Å². The van der Waals surface area contributed by atoms with Gasteiger partial charge in [-0.1, -0.05) is 25.7 Å². The lowest BCUT2D eigenvalue weighted by Crippen LogP contribution is -2.35. The van der Waals surface area contributed by atoms with Gasteiger partial charge in [0.05, 0.1) is 11.4 Å². The first-order valence-corrected chi connectivity index (χ1v) is 6.74. The Morgan fingerprint density at radius 1 is 1.07 bits per heavy atom. The summed E-state index contributed by atoms with van der Waals surface area (Å²) in [4.78, 5) is 7.17. The van der Waals surface area contributed by atoms with Gasteiger partial charge in [0.25, 0.3) is 0 Å². The van der Waals surface area contributed by atoms with Gasteiger partial charge in [-0.05, 0) is 32.6 Å². The average molecular weight is 237 g/mol. The number of rotatable bonds is 4. The van der Waals surface area contributed by atoms with Crippen LogP contribution in [0.5, 0.6) is 0 Å². The Labute approximate surface area is 93.4 Å². The van der Waals surface area contributed by atoms with Crippen molar-refractivity contribution >= 4 is 10.0 Å². The normalized spacial score (nSPS) is 14.3. The molecule has 0 rings (SSSR count). The van der Waals surface area contributed by atoms with Gasteiger partial charge < -0.3 is 0 Å². The fourth-order valence-electron chi connectivity index (χ4n) is 0.671. The van der Waals surface area contributed by atoms with E-state index in [0.717, 1.165) is 0 Å². The average Bonchev–Trinajstić information content (AvgIpc) is 1.96. The molecule has 5 heteroatoms. The van der Waals surface area contributed by atoms with Crippen LogP contribution in [0.15, 0.2) is 0 Å². The molecule has 0 radical (unpaired) electrons. The molecule has 0 aromatic heterocycles. The van der Waals surface area contributed by atoms with Crippen LogP contribution in [-0.4, -0.2) is 19.8 Å². The maximum absolute atomic E-state index is 11.5. The molecule has 0 aromatic rings. The van der Waals surface area contributed by atoms with Crippen LogP contribution in [0.1, 0.15) is 48.0 Å². The minimum Gasteiger partial charge on any atom is -0.281 e. The fourth-order valence-corrected chi connectivity index (χ4v) is 2.01. The fraction of sp³-hybridized carbons (Fsp3) is 1.00. The van der Waals surface area contributed by atoms with Crippen molar-refractivity contribution in [1.29, 1.82) is 0 Å². The molecule has 4 nitrogen and oxygen atoms in total. The number of hydrogen-bond donors (Lipinski definition) is 1. The van der Waals surface area contributed by atoms with Crippen molar-refractivity contribution in [2.75, 3.05) is 5.75 Å². The Morgan fingerprint density at radius 2 is 1.53 bits per heavy atom. The monoisotopic (exact) mass is 237 g/mol. The number of nitrogens with one attached hydrogen (secondary N) is 1. The van der Waals surface area contributed by atoms with Crippen LogP contribution >= 0.6 is 0 Å². The van der Waals surface area contributed by atoms with Gasteiger partial charge in [0.1, 0.15) is 0 Å². The Balaban J connectivity index is 4.11. The van der Waals surface area contributed by atoms with E-state index in [0.29, 0.717) is 6.42 Å². The molecular formula is C10H23NO3S. The van der Waals surface area contributed by atoms with Gasteiger partial charge >= 0.3 is 0 Å². The molecule has 0 aliphatic heterocycles. The zero-order valence-corrected chi connectivity index (χ0v) is 11.4. The van der Waals surface area contributed by atoms with E-state index in [4.69, 9.17) is 4.84 Å². The summed E-state index contributed by atoms with van der Waals surface area (Å²) in [6.07, 6.45) is 0.607. The van der Waals surface area contributed by atoms with Crippen LogP contribution in [-0.2, 0) is 14.9 Å². The molecule has 0 bridgehead atoms. The molecule has 1 N–H and O–H groups in total. The third-order valence-corrected chi connectivity index (χ3v) is 2.67. The van der Waals surface area contributed by atoms with E-state index in [9.17, 15) is 8.42 Å². The summed E-state index contributed by atoms with van der Waals surface area (Å²) in [5.41, 5.74) is -0.495. The third kappa shape index (κ3) is 10.2. The molecule has 0 aliphatic rings. The van der Waals surface area contributed by atoms with Crippen LogP contribution in [0.3, 0.4) is 0 Å². The zero-order valence-electron chi connectivity index (χ0n) is 10.5. The molecular weight excluding hydrogens is 214 g/mol. The van der Waals surface area contributed by atoms with E-state index < -0.39 is 15.6 Å². The van der Waals surface area contributed by atoms with Gasteiger partial charge in [-0.15, -0.1) is 0 Å². The van der Waals surface area contributed by atoms with Crippen LogP contribution in [0.25, 0.3) is 0 Å². The first kappa shape index (κ1) is 14.9. The van der Waals surface area contributed by atoms with Crippen molar-refractivity contribution < 1.29 is 13.3 Å². The number of hydrogen-bond acceptors (Lipinski definition) is 3. The highest BCUT2D eigenvalue weighted by Crippen LogP contribution is 2.19. The molecule has 0 saturated heterocycles. The van der Waals surface area contributed by atoms with E-state index in [2.05, 4.69) is 4.89 Å². The van der Waals surface area contributed by atoms with Crippen LogP contribution < -0.4 is 4.89 Å². The summed E-state index contributed by atoms with van der Waals surface area (Å²) >= 11 is 0. The standard InChI is InChI=1S/C10H23NO3S/c1-9(2,3)7-8-15(12,13)11-14-10(4,5)6/h11H,7-8H2,1-6H3. The molecule has 0 saturated carbocycles. The first-order chi connectivity index (χ1) is 6.41. The molecule has 0 spiro atoms. The van der Waals surface area contributed by atoms with E-state index in [1.807, 2.05) is 20.8 Å². The Morgan fingerprint density at radius 3 is 1.87 bits per heavy atom. The number of sulfonamides is 1. The SMILES string of the molecule is CC(C)(C)CCS(=O)(=O)NOC(C)(C)C. The van der Waals surface area contributed by atoms with E-state index in [1.54, 1.807) is 20.8 Å². The highest BCUT2D eigenvalue weighted by atomic mass is 32.2. The second kappa shape index (κ2) is 4.80. The van der Waals surface area contributed by atoms with Crippen molar-refractivity contribution in [3.63, 3.8) is 0 Å². The molecule has 0 amide bonds. The van der Waals surface area contributed by atoms with Gasteiger partial charge in [-0.25, -0.2) is 8.42 Å². The molecule has 0 atom stereocenters. The van der Waals surface area contributed by atoms with E-state index in [-0.39, 0.29) is 11.2 Å². The lowest BCUT2D eigenvalue weighted by Gasteiger charge is -2.21. The summed E-state index contributed by atoms with van der Waals surface area (Å²) in [7, 11) is -3.32.